The Morgan fingerprint density at radius 1 is 1.21 bits per heavy atom. The normalized spacial score (nSPS) is 19.1. The van der Waals surface area contributed by atoms with E-state index in [2.05, 4.69) is 20.6 Å². The van der Waals surface area contributed by atoms with Gasteiger partial charge in [-0.2, -0.15) is 8.42 Å². The number of ether oxygens (including phenoxy) is 2. The average molecular weight is 635 g/mol. The summed E-state index contributed by atoms with van der Waals surface area (Å²) in [7, 11) is -3.17. The highest BCUT2D eigenvalue weighted by atomic mass is 35.5. The number of halogens is 2. The summed E-state index contributed by atoms with van der Waals surface area (Å²) in [6.45, 7) is 0.817. The number of thiazole rings is 1. The molecule has 1 saturated heterocycles. The first-order valence-corrected chi connectivity index (χ1v) is 15.2. The van der Waals surface area contributed by atoms with Crippen molar-refractivity contribution in [2.24, 2.45) is 4.99 Å². The van der Waals surface area contributed by atoms with Crippen molar-refractivity contribution in [1.29, 1.82) is 0 Å². The maximum absolute atomic E-state index is 13.9. The van der Waals surface area contributed by atoms with Crippen LogP contribution in [0.25, 0.3) is 0 Å². The van der Waals surface area contributed by atoms with Gasteiger partial charge in [0.2, 0.25) is 0 Å². The summed E-state index contributed by atoms with van der Waals surface area (Å²) in [5.41, 5.74) is 1.45. The number of allylic oxidation sites excluding steroid dienone is 1. The molecule has 0 bridgehead atoms. The highest BCUT2D eigenvalue weighted by molar-refractivity contribution is 7.87. The Labute approximate surface area is 249 Å². The third kappa shape index (κ3) is 6.52. The van der Waals surface area contributed by atoms with Crippen LogP contribution in [0.5, 0.6) is 0 Å². The van der Waals surface area contributed by atoms with Gasteiger partial charge in [0.15, 0.2) is 10.8 Å². The topological polar surface area (TPSA) is 145 Å². The molecule has 5 rings (SSSR count). The molecule has 42 heavy (non-hydrogen) atoms. The number of hydrogen-bond acceptors (Lipinski definition) is 12. The lowest BCUT2D eigenvalue weighted by Crippen LogP contribution is -2.47. The molecule has 2 atom stereocenters. The molecule has 0 unspecified atom stereocenters. The molecule has 1 aromatic heterocycles. The zero-order valence-corrected chi connectivity index (χ0v) is 24.4. The summed E-state index contributed by atoms with van der Waals surface area (Å²) in [6.07, 6.45) is 1.69. The number of nitrogens with zero attached hydrogens (tertiary/aromatic N) is 2. The van der Waals surface area contributed by atoms with Crippen LogP contribution >= 0.6 is 22.9 Å². The SMILES string of the molecule is COC(=O)C1=C(Cc2ccc(S(=O)(=O)OC(=O)[C@@H]3COCCN3)cc2)N=C(c2nccs2)N[C@H]1c1ccc(F)cc1Cl. The van der Waals surface area contributed by atoms with Gasteiger partial charge in [-0.1, -0.05) is 29.8 Å². The minimum atomic E-state index is -4.40. The van der Waals surface area contributed by atoms with Gasteiger partial charge < -0.3 is 24.3 Å². The fraction of sp³-hybridized carbons (Fsp3) is 0.259. The summed E-state index contributed by atoms with van der Waals surface area (Å²) < 4.78 is 54.4. The second-order valence-corrected chi connectivity index (χ2v) is 12.0. The number of carbonyl (C=O) groups is 2. The molecule has 0 amide bonds. The van der Waals surface area contributed by atoms with Gasteiger partial charge >= 0.3 is 22.1 Å². The molecule has 2 aromatic carbocycles. The number of aliphatic imine (C=N–C) groups is 1. The Hall–Kier alpha value is -3.69. The van der Waals surface area contributed by atoms with Crippen LogP contribution < -0.4 is 10.6 Å². The third-order valence-electron chi connectivity index (χ3n) is 6.42. The summed E-state index contributed by atoms with van der Waals surface area (Å²) >= 11 is 7.71. The molecule has 0 spiro atoms. The van der Waals surface area contributed by atoms with Crippen molar-refractivity contribution in [2.45, 2.75) is 23.4 Å². The van der Waals surface area contributed by atoms with Gasteiger partial charge in [-0.3, -0.25) is 0 Å². The van der Waals surface area contributed by atoms with Crippen LogP contribution in [0.2, 0.25) is 5.02 Å². The van der Waals surface area contributed by atoms with Crippen LogP contribution in [0.4, 0.5) is 4.39 Å². The van der Waals surface area contributed by atoms with Crippen LogP contribution in [0.1, 0.15) is 22.2 Å². The zero-order valence-electron chi connectivity index (χ0n) is 22.0. The first-order chi connectivity index (χ1) is 20.2. The Bertz CT molecular complexity index is 1660. The number of morpholine rings is 1. The molecular weight excluding hydrogens is 611 g/mol. The second-order valence-electron chi connectivity index (χ2n) is 9.15. The summed E-state index contributed by atoms with van der Waals surface area (Å²) in [5, 5.41) is 8.42. The van der Waals surface area contributed by atoms with Crippen molar-refractivity contribution in [3.63, 3.8) is 0 Å². The summed E-state index contributed by atoms with van der Waals surface area (Å²) in [4.78, 5) is 34.1. The highest BCUT2D eigenvalue weighted by Gasteiger charge is 2.34. The number of aromatic nitrogens is 1. The van der Waals surface area contributed by atoms with Crippen LogP contribution in [0.3, 0.4) is 0 Å². The minimum absolute atomic E-state index is 0.00735. The summed E-state index contributed by atoms with van der Waals surface area (Å²) in [6, 6.07) is 7.73. The molecule has 3 aromatic rings. The van der Waals surface area contributed by atoms with E-state index in [1.807, 2.05) is 0 Å². The van der Waals surface area contributed by atoms with Gasteiger partial charge in [0, 0.05) is 29.6 Å². The van der Waals surface area contributed by atoms with Crippen molar-refractivity contribution in [1.82, 2.24) is 15.6 Å². The highest BCUT2D eigenvalue weighted by Crippen LogP contribution is 2.36. The predicted molar refractivity (Wildman–Crippen MR) is 151 cm³/mol. The number of esters is 1. The van der Waals surface area contributed by atoms with Crippen LogP contribution in [-0.2, 0) is 39.8 Å². The van der Waals surface area contributed by atoms with E-state index in [-0.39, 0.29) is 28.5 Å². The van der Waals surface area contributed by atoms with Gasteiger partial charge in [-0.15, -0.1) is 11.3 Å². The molecule has 1 fully saturated rings. The number of methoxy groups -OCH3 is 1. The van der Waals surface area contributed by atoms with E-state index in [0.29, 0.717) is 40.8 Å². The second kappa shape index (κ2) is 12.7. The van der Waals surface area contributed by atoms with Crippen molar-refractivity contribution in [2.75, 3.05) is 26.9 Å². The molecule has 2 aliphatic rings. The molecule has 2 aliphatic heterocycles. The van der Waals surface area contributed by atoms with Crippen molar-refractivity contribution < 1.29 is 36.1 Å². The lowest BCUT2D eigenvalue weighted by atomic mass is 9.93. The van der Waals surface area contributed by atoms with Gasteiger partial charge in [0.05, 0.1) is 37.6 Å². The van der Waals surface area contributed by atoms with E-state index < -0.39 is 40.0 Å². The first-order valence-electron chi connectivity index (χ1n) is 12.6. The van der Waals surface area contributed by atoms with E-state index in [9.17, 15) is 22.4 Å². The van der Waals surface area contributed by atoms with E-state index in [1.54, 1.807) is 11.6 Å². The Morgan fingerprint density at radius 2 is 2.00 bits per heavy atom. The monoisotopic (exact) mass is 634 g/mol. The van der Waals surface area contributed by atoms with Crippen LogP contribution in [0, 0.1) is 5.82 Å². The quantitative estimate of drug-likeness (QED) is 0.280. The van der Waals surface area contributed by atoms with Gasteiger partial charge in [0.25, 0.3) is 0 Å². The van der Waals surface area contributed by atoms with E-state index in [4.69, 9.17) is 25.3 Å². The maximum Gasteiger partial charge on any atom is 0.341 e. The van der Waals surface area contributed by atoms with E-state index >= 15 is 0 Å². The number of nitrogens with one attached hydrogen (secondary N) is 2. The van der Waals surface area contributed by atoms with Crippen molar-refractivity contribution in [3.05, 3.63) is 92.3 Å². The molecular formula is C27H24ClFN4O7S2. The summed E-state index contributed by atoms with van der Waals surface area (Å²) in [5.74, 6) is -1.82. The third-order valence-corrected chi connectivity index (χ3v) is 8.76. The van der Waals surface area contributed by atoms with Gasteiger partial charge in [-0.05, 0) is 35.4 Å². The zero-order chi connectivity index (χ0) is 29.9. The molecule has 0 saturated carbocycles. The number of hydrogen-bond donors (Lipinski definition) is 2. The fourth-order valence-corrected chi connectivity index (χ4v) is 6.16. The molecule has 220 valence electrons. The van der Waals surface area contributed by atoms with Crippen LogP contribution in [0.15, 0.2) is 75.2 Å². The molecule has 2 N–H and O–H groups in total. The largest absolute Gasteiger partial charge is 0.466 e. The number of rotatable bonds is 8. The molecule has 3 heterocycles. The number of amidine groups is 1. The van der Waals surface area contributed by atoms with Crippen molar-refractivity contribution in [3.8, 4) is 0 Å². The molecule has 11 nitrogen and oxygen atoms in total. The lowest BCUT2D eigenvalue weighted by molar-refractivity contribution is -0.139. The minimum Gasteiger partial charge on any atom is -0.466 e. The van der Waals surface area contributed by atoms with Crippen molar-refractivity contribution >= 4 is 50.8 Å². The van der Waals surface area contributed by atoms with Gasteiger partial charge in [0.1, 0.15) is 16.8 Å². The smallest absolute Gasteiger partial charge is 0.341 e. The number of carbonyl (C=O) groups excluding carboxylic acids is 2. The van der Waals surface area contributed by atoms with E-state index in [1.165, 1.54) is 54.8 Å². The molecule has 0 radical (unpaired) electrons. The fourth-order valence-electron chi connectivity index (χ4n) is 4.40. The molecule has 15 heteroatoms. The van der Waals surface area contributed by atoms with E-state index in [0.717, 1.165) is 6.07 Å². The Balaban J connectivity index is 1.47. The first kappa shape index (κ1) is 29.8. The maximum atomic E-state index is 13.9. The Morgan fingerprint density at radius 3 is 2.64 bits per heavy atom. The molecule has 0 aliphatic carbocycles. The predicted octanol–water partition coefficient (Wildman–Crippen LogP) is 2.92. The lowest BCUT2D eigenvalue weighted by Gasteiger charge is -2.28. The standard InChI is InChI=1S/C27H24ClFN4O7S2/c1-38-27(35)22-20(32-24(25-31-9-11-41-25)33-23(22)18-7-4-16(29)13-19(18)28)12-15-2-5-17(6-3-15)42(36,37)40-26(34)21-14-39-10-8-30-21/h2-7,9,11,13,21,23,30H,8,10,12,14H2,1H3,(H,32,33)/t21-,23-/m0/s1. The van der Waals surface area contributed by atoms with Gasteiger partial charge in [-0.25, -0.2) is 24.0 Å². The Kier molecular flexibility index (Phi) is 8.99. The average Bonchev–Trinajstić information content (AvgIpc) is 3.52. The number of benzene rings is 2. The van der Waals surface area contributed by atoms with Crippen LogP contribution in [-0.4, -0.2) is 64.1 Å².